The molecule has 1 aromatic heterocycles. The van der Waals surface area contributed by atoms with Gasteiger partial charge in [-0.25, -0.2) is 0 Å². The zero-order valence-electron chi connectivity index (χ0n) is 8.10. The Labute approximate surface area is 87.3 Å². The van der Waals surface area contributed by atoms with Gasteiger partial charge in [-0.2, -0.15) is 0 Å². The van der Waals surface area contributed by atoms with Gasteiger partial charge in [0.05, 0.1) is 7.11 Å². The summed E-state index contributed by atoms with van der Waals surface area (Å²) in [7, 11) is 1.45. The van der Waals surface area contributed by atoms with Crippen molar-refractivity contribution in [2.75, 3.05) is 13.7 Å². The van der Waals surface area contributed by atoms with E-state index in [2.05, 4.69) is 16.3 Å². The van der Waals surface area contributed by atoms with Crippen LogP contribution in [-0.2, 0) is 16.1 Å². The summed E-state index contributed by atoms with van der Waals surface area (Å²) in [6.45, 7) is 1.87. The quantitative estimate of drug-likeness (QED) is 0.709. The van der Waals surface area contributed by atoms with Crippen LogP contribution in [-0.4, -0.2) is 30.6 Å². The maximum absolute atomic E-state index is 11.3. The first-order chi connectivity index (χ1) is 6.81. The lowest BCUT2D eigenvalue weighted by atomic mass is 10.0. The van der Waals surface area contributed by atoms with Gasteiger partial charge in [0, 0.05) is 18.0 Å². The molecule has 1 atom stereocenters. The minimum Gasteiger partial charge on any atom is -0.468 e. The van der Waals surface area contributed by atoms with Gasteiger partial charge < -0.3 is 4.74 Å². The number of nitrogens with zero attached hydrogens (tertiary/aromatic N) is 1. The monoisotopic (exact) mass is 211 g/mol. The van der Waals surface area contributed by atoms with Crippen molar-refractivity contribution in [3.05, 3.63) is 22.4 Å². The van der Waals surface area contributed by atoms with Crippen molar-refractivity contribution in [2.24, 2.45) is 0 Å². The van der Waals surface area contributed by atoms with Gasteiger partial charge in [-0.1, -0.05) is 6.07 Å². The smallest absolute Gasteiger partial charge is 0.323 e. The molecule has 3 nitrogen and oxygen atoms in total. The Morgan fingerprint density at radius 1 is 1.79 bits per heavy atom. The lowest BCUT2D eigenvalue weighted by Gasteiger charge is -2.38. The number of likely N-dealkylation sites (tertiary alicyclic amines) is 1. The molecule has 2 rings (SSSR count). The molecule has 1 fully saturated rings. The van der Waals surface area contributed by atoms with Crippen molar-refractivity contribution in [1.29, 1.82) is 0 Å². The fourth-order valence-electron chi connectivity index (χ4n) is 1.64. The highest BCUT2D eigenvalue weighted by Gasteiger charge is 2.34. The molecule has 2 heterocycles. The highest BCUT2D eigenvalue weighted by molar-refractivity contribution is 7.09. The minimum absolute atomic E-state index is 0.0119. The Kier molecular flexibility index (Phi) is 2.84. The van der Waals surface area contributed by atoms with Gasteiger partial charge in [0.15, 0.2) is 0 Å². The first-order valence-corrected chi connectivity index (χ1v) is 5.53. The molecule has 0 spiro atoms. The fraction of sp³-hybridized carbons (Fsp3) is 0.500. The van der Waals surface area contributed by atoms with E-state index in [0.29, 0.717) is 0 Å². The highest BCUT2D eigenvalue weighted by atomic mass is 32.1. The van der Waals surface area contributed by atoms with Gasteiger partial charge in [-0.15, -0.1) is 11.3 Å². The molecule has 4 heteroatoms. The van der Waals surface area contributed by atoms with Crippen molar-refractivity contribution >= 4 is 17.3 Å². The summed E-state index contributed by atoms with van der Waals surface area (Å²) < 4.78 is 4.73. The molecule has 1 unspecified atom stereocenters. The molecule has 14 heavy (non-hydrogen) atoms. The van der Waals surface area contributed by atoms with E-state index >= 15 is 0 Å². The third kappa shape index (κ3) is 1.81. The number of hydrogen-bond donors (Lipinski definition) is 0. The van der Waals surface area contributed by atoms with Crippen LogP contribution >= 0.6 is 11.3 Å². The number of methoxy groups -OCH3 is 1. The van der Waals surface area contributed by atoms with Crippen molar-refractivity contribution in [1.82, 2.24) is 4.90 Å². The molecule has 1 aliphatic rings. The second-order valence-corrected chi connectivity index (χ2v) is 4.41. The normalized spacial score (nSPS) is 21.6. The van der Waals surface area contributed by atoms with Crippen LogP contribution in [0.3, 0.4) is 0 Å². The van der Waals surface area contributed by atoms with Gasteiger partial charge in [0.2, 0.25) is 0 Å². The van der Waals surface area contributed by atoms with Crippen LogP contribution in [0.5, 0.6) is 0 Å². The van der Waals surface area contributed by atoms with Gasteiger partial charge in [0.25, 0.3) is 0 Å². The SMILES string of the molecule is COC(=O)C1CCN1Cc1cccs1. The summed E-state index contributed by atoms with van der Waals surface area (Å²) in [6.07, 6.45) is 0.929. The Balaban J connectivity index is 1.91. The van der Waals surface area contributed by atoms with Gasteiger partial charge in [-0.3, -0.25) is 9.69 Å². The summed E-state index contributed by atoms with van der Waals surface area (Å²) >= 11 is 1.73. The molecule has 0 saturated carbocycles. The first kappa shape index (κ1) is 9.68. The summed E-state index contributed by atoms with van der Waals surface area (Å²) in [6, 6.07) is 4.12. The molecule has 0 aliphatic carbocycles. The minimum atomic E-state index is -0.104. The first-order valence-electron chi connectivity index (χ1n) is 4.65. The second-order valence-electron chi connectivity index (χ2n) is 3.38. The molecular formula is C10H13NO2S. The lowest BCUT2D eigenvalue weighted by Crippen LogP contribution is -2.51. The molecule has 0 radical (unpaired) electrons. The van der Waals surface area contributed by atoms with E-state index in [1.807, 2.05) is 6.07 Å². The van der Waals surface area contributed by atoms with E-state index in [-0.39, 0.29) is 12.0 Å². The number of esters is 1. The summed E-state index contributed by atoms with van der Waals surface area (Å²) in [5.74, 6) is -0.104. The topological polar surface area (TPSA) is 29.5 Å². The molecule has 0 aromatic carbocycles. The van der Waals surface area contributed by atoms with E-state index in [4.69, 9.17) is 4.74 Å². The third-order valence-corrected chi connectivity index (χ3v) is 3.40. The Morgan fingerprint density at radius 3 is 3.14 bits per heavy atom. The molecule has 0 amide bonds. The van der Waals surface area contributed by atoms with E-state index in [1.54, 1.807) is 11.3 Å². The predicted molar refractivity (Wildman–Crippen MR) is 55.2 cm³/mol. The van der Waals surface area contributed by atoms with Crippen molar-refractivity contribution in [3.8, 4) is 0 Å². The maximum Gasteiger partial charge on any atom is 0.323 e. The van der Waals surface area contributed by atoms with Gasteiger partial charge >= 0.3 is 5.97 Å². The number of thiophene rings is 1. The number of hydrogen-bond acceptors (Lipinski definition) is 4. The van der Waals surface area contributed by atoms with Crippen LogP contribution in [0.2, 0.25) is 0 Å². The average molecular weight is 211 g/mol. The largest absolute Gasteiger partial charge is 0.468 e. The molecular weight excluding hydrogens is 198 g/mol. The number of carbonyl (C=O) groups excluding carboxylic acids is 1. The number of carbonyl (C=O) groups is 1. The summed E-state index contributed by atoms with van der Waals surface area (Å²) in [4.78, 5) is 14.7. The van der Waals surface area contributed by atoms with Crippen molar-refractivity contribution in [2.45, 2.75) is 19.0 Å². The zero-order valence-corrected chi connectivity index (χ0v) is 8.92. The molecule has 1 saturated heterocycles. The van der Waals surface area contributed by atoms with Gasteiger partial charge in [0.1, 0.15) is 6.04 Å². The van der Waals surface area contributed by atoms with Gasteiger partial charge in [-0.05, 0) is 17.9 Å². The second kappa shape index (κ2) is 4.11. The number of rotatable bonds is 3. The third-order valence-electron chi connectivity index (χ3n) is 2.54. The van der Waals surface area contributed by atoms with Crippen LogP contribution in [0, 0.1) is 0 Å². The summed E-state index contributed by atoms with van der Waals surface area (Å²) in [5.41, 5.74) is 0. The highest BCUT2D eigenvalue weighted by Crippen LogP contribution is 2.23. The Bertz CT molecular complexity index is 310. The van der Waals surface area contributed by atoms with E-state index < -0.39 is 0 Å². The van der Waals surface area contributed by atoms with E-state index in [0.717, 1.165) is 19.5 Å². The Morgan fingerprint density at radius 2 is 2.64 bits per heavy atom. The Hall–Kier alpha value is -0.870. The fourth-order valence-corrected chi connectivity index (χ4v) is 2.37. The van der Waals surface area contributed by atoms with E-state index in [1.165, 1.54) is 12.0 Å². The molecule has 0 bridgehead atoms. The van der Waals surface area contributed by atoms with Crippen LogP contribution in [0.1, 0.15) is 11.3 Å². The predicted octanol–water partition coefficient (Wildman–Crippen LogP) is 1.50. The standard InChI is InChI=1S/C10H13NO2S/c1-13-10(12)9-4-5-11(9)7-8-3-2-6-14-8/h2-3,6,9H,4-5,7H2,1H3. The van der Waals surface area contributed by atoms with Crippen LogP contribution < -0.4 is 0 Å². The van der Waals surface area contributed by atoms with Crippen molar-refractivity contribution < 1.29 is 9.53 Å². The van der Waals surface area contributed by atoms with Crippen LogP contribution in [0.15, 0.2) is 17.5 Å². The molecule has 0 N–H and O–H groups in total. The molecule has 1 aliphatic heterocycles. The van der Waals surface area contributed by atoms with Crippen LogP contribution in [0.4, 0.5) is 0 Å². The van der Waals surface area contributed by atoms with Crippen LogP contribution in [0.25, 0.3) is 0 Å². The maximum atomic E-state index is 11.3. The number of ether oxygens (including phenoxy) is 1. The van der Waals surface area contributed by atoms with Crippen molar-refractivity contribution in [3.63, 3.8) is 0 Å². The molecule has 76 valence electrons. The molecule has 1 aromatic rings. The summed E-state index contributed by atoms with van der Waals surface area (Å²) in [5, 5.41) is 2.06. The lowest BCUT2D eigenvalue weighted by molar-refractivity contribution is -0.152. The average Bonchev–Trinajstić information content (AvgIpc) is 2.64. The zero-order chi connectivity index (χ0) is 9.97. The van der Waals surface area contributed by atoms with E-state index in [9.17, 15) is 4.79 Å².